The third kappa shape index (κ3) is 15.4. The highest BCUT2D eigenvalue weighted by atomic mass is 16.5. The monoisotopic (exact) mass is 295 g/mol. The van der Waals surface area contributed by atoms with Crippen LogP contribution in [0, 0.1) is 6.58 Å². The average Bonchev–Trinajstić information content (AvgIpc) is 2.45. The summed E-state index contributed by atoms with van der Waals surface area (Å²) in [5.74, 6) is -0.131. The molecular formula is C19H35O2. The Kier molecular flexibility index (Phi) is 15.0. The van der Waals surface area contributed by atoms with Gasteiger partial charge in [0.05, 0.1) is 0 Å². The van der Waals surface area contributed by atoms with Gasteiger partial charge in [-0.05, 0) is 38.5 Å². The topological polar surface area (TPSA) is 26.3 Å². The maximum Gasteiger partial charge on any atom is 0.302 e. The minimum atomic E-state index is -0.131. The van der Waals surface area contributed by atoms with Crippen LogP contribution < -0.4 is 0 Å². The zero-order chi connectivity index (χ0) is 15.8. The maximum absolute atomic E-state index is 11.1. The Balaban J connectivity index is 3.60. The zero-order valence-corrected chi connectivity index (χ0v) is 14.2. The molecule has 0 saturated heterocycles. The molecule has 0 heterocycles. The highest BCUT2D eigenvalue weighted by Gasteiger charge is 2.11. The molecule has 0 aromatic rings. The second-order valence-electron chi connectivity index (χ2n) is 6.02. The van der Waals surface area contributed by atoms with E-state index in [4.69, 9.17) is 11.3 Å². The smallest absolute Gasteiger partial charge is 0.302 e. The number of hydrogen-bond acceptors (Lipinski definition) is 2. The van der Waals surface area contributed by atoms with E-state index in [1.807, 2.05) is 0 Å². The van der Waals surface area contributed by atoms with Crippen LogP contribution in [0.5, 0.6) is 0 Å². The SMILES string of the molecule is [CH]=CCCCCCCCC[C@H](CCCCCC)OC(C)=O. The van der Waals surface area contributed by atoms with Gasteiger partial charge >= 0.3 is 5.97 Å². The predicted molar refractivity (Wildman–Crippen MR) is 90.1 cm³/mol. The van der Waals surface area contributed by atoms with Crippen LogP contribution in [-0.2, 0) is 9.53 Å². The summed E-state index contributed by atoms with van der Waals surface area (Å²) in [7, 11) is 0. The molecule has 0 amide bonds. The van der Waals surface area contributed by atoms with Crippen LogP contribution in [0.2, 0.25) is 0 Å². The van der Waals surface area contributed by atoms with Crippen molar-refractivity contribution < 1.29 is 9.53 Å². The van der Waals surface area contributed by atoms with Crippen LogP contribution >= 0.6 is 0 Å². The summed E-state index contributed by atoms with van der Waals surface area (Å²) in [4.78, 5) is 11.1. The van der Waals surface area contributed by atoms with Crippen molar-refractivity contribution in [3.63, 3.8) is 0 Å². The Labute approximate surface area is 132 Å². The van der Waals surface area contributed by atoms with Crippen molar-refractivity contribution in [3.8, 4) is 0 Å². The highest BCUT2D eigenvalue weighted by molar-refractivity contribution is 5.66. The number of allylic oxidation sites excluding steroid dienone is 1. The van der Waals surface area contributed by atoms with Crippen LogP contribution in [0.3, 0.4) is 0 Å². The van der Waals surface area contributed by atoms with Gasteiger partial charge in [-0.15, -0.1) is 0 Å². The molecule has 0 unspecified atom stereocenters. The number of esters is 1. The molecule has 0 rings (SSSR count). The summed E-state index contributed by atoms with van der Waals surface area (Å²) >= 11 is 0. The van der Waals surface area contributed by atoms with Crippen molar-refractivity contribution in [1.82, 2.24) is 0 Å². The largest absolute Gasteiger partial charge is 0.463 e. The van der Waals surface area contributed by atoms with Crippen LogP contribution in [-0.4, -0.2) is 12.1 Å². The highest BCUT2D eigenvalue weighted by Crippen LogP contribution is 2.16. The van der Waals surface area contributed by atoms with E-state index in [9.17, 15) is 4.79 Å². The van der Waals surface area contributed by atoms with Crippen LogP contribution in [0.15, 0.2) is 6.08 Å². The van der Waals surface area contributed by atoms with E-state index < -0.39 is 0 Å². The molecule has 0 N–H and O–H groups in total. The van der Waals surface area contributed by atoms with Crippen molar-refractivity contribution >= 4 is 5.97 Å². The summed E-state index contributed by atoms with van der Waals surface area (Å²) in [6.07, 6.45) is 17.5. The van der Waals surface area contributed by atoms with Gasteiger partial charge in [0.1, 0.15) is 6.10 Å². The average molecular weight is 295 g/mol. The van der Waals surface area contributed by atoms with Crippen molar-refractivity contribution in [2.45, 2.75) is 103 Å². The Morgan fingerprint density at radius 1 is 0.952 bits per heavy atom. The molecule has 1 radical (unpaired) electrons. The van der Waals surface area contributed by atoms with Gasteiger partial charge in [-0.3, -0.25) is 4.79 Å². The van der Waals surface area contributed by atoms with Gasteiger partial charge in [-0.25, -0.2) is 0 Å². The van der Waals surface area contributed by atoms with E-state index in [-0.39, 0.29) is 12.1 Å². The number of carbonyl (C=O) groups is 1. The molecule has 0 spiro atoms. The molecule has 123 valence electrons. The van der Waals surface area contributed by atoms with Crippen molar-refractivity contribution in [2.75, 3.05) is 0 Å². The number of rotatable bonds is 15. The predicted octanol–water partition coefficient (Wildman–Crippen LogP) is 6.00. The normalized spacial score (nSPS) is 12.1. The van der Waals surface area contributed by atoms with Crippen molar-refractivity contribution in [2.24, 2.45) is 0 Å². The summed E-state index contributed by atoms with van der Waals surface area (Å²) in [6, 6.07) is 0. The fraction of sp³-hybridized carbons (Fsp3) is 0.842. The third-order valence-electron chi connectivity index (χ3n) is 3.86. The number of carbonyl (C=O) groups excluding carboxylic acids is 1. The molecule has 0 bridgehead atoms. The Hall–Kier alpha value is -0.790. The first-order valence-electron chi connectivity index (χ1n) is 8.91. The first-order chi connectivity index (χ1) is 10.2. The van der Waals surface area contributed by atoms with Gasteiger partial charge in [0.2, 0.25) is 0 Å². The van der Waals surface area contributed by atoms with Gasteiger partial charge in [0, 0.05) is 6.92 Å². The lowest BCUT2D eigenvalue weighted by Crippen LogP contribution is -2.16. The first kappa shape index (κ1) is 20.2. The van der Waals surface area contributed by atoms with Gasteiger partial charge in [0.15, 0.2) is 0 Å². The van der Waals surface area contributed by atoms with Gasteiger partial charge < -0.3 is 4.74 Å². The molecule has 0 saturated carbocycles. The second kappa shape index (κ2) is 15.6. The third-order valence-corrected chi connectivity index (χ3v) is 3.86. The number of hydrogen-bond donors (Lipinski definition) is 0. The van der Waals surface area contributed by atoms with E-state index in [0.717, 1.165) is 19.3 Å². The Morgan fingerprint density at radius 2 is 1.48 bits per heavy atom. The molecular weight excluding hydrogens is 260 g/mol. The standard InChI is InChI=1S/C19H35O2/c1-4-6-8-10-11-12-13-15-17-19(21-18(3)20)16-14-9-7-5-2/h1,4,19H,5-17H2,2-3H3/t19-/m0/s1. The van der Waals surface area contributed by atoms with E-state index in [1.54, 1.807) is 6.08 Å². The Bertz CT molecular complexity index is 248. The Morgan fingerprint density at radius 3 is 2.00 bits per heavy atom. The zero-order valence-electron chi connectivity index (χ0n) is 14.2. The summed E-state index contributed by atoms with van der Waals surface area (Å²) in [5, 5.41) is 0. The summed E-state index contributed by atoms with van der Waals surface area (Å²) in [6.45, 7) is 9.10. The molecule has 0 aromatic heterocycles. The van der Waals surface area contributed by atoms with Gasteiger partial charge in [-0.2, -0.15) is 0 Å². The number of unbranched alkanes of at least 4 members (excludes halogenated alkanes) is 9. The summed E-state index contributed by atoms with van der Waals surface area (Å²) in [5.41, 5.74) is 0. The van der Waals surface area contributed by atoms with Crippen LogP contribution in [0.25, 0.3) is 0 Å². The van der Waals surface area contributed by atoms with Crippen LogP contribution in [0.1, 0.15) is 97.3 Å². The number of ether oxygens (including phenoxy) is 1. The van der Waals surface area contributed by atoms with E-state index in [1.165, 1.54) is 71.1 Å². The maximum atomic E-state index is 11.1. The van der Waals surface area contributed by atoms with Crippen LogP contribution in [0.4, 0.5) is 0 Å². The van der Waals surface area contributed by atoms with Crippen molar-refractivity contribution in [1.29, 1.82) is 0 Å². The molecule has 0 aromatic carbocycles. The molecule has 0 fully saturated rings. The fourth-order valence-corrected chi connectivity index (χ4v) is 2.64. The lowest BCUT2D eigenvalue weighted by atomic mass is 10.0. The molecule has 0 aliphatic heterocycles. The van der Waals surface area contributed by atoms with Gasteiger partial charge in [-0.1, -0.05) is 64.5 Å². The fourth-order valence-electron chi connectivity index (χ4n) is 2.64. The second-order valence-corrected chi connectivity index (χ2v) is 6.02. The molecule has 2 heteroatoms. The molecule has 1 atom stereocenters. The molecule has 2 nitrogen and oxygen atoms in total. The van der Waals surface area contributed by atoms with Gasteiger partial charge in [0.25, 0.3) is 0 Å². The quantitative estimate of drug-likeness (QED) is 0.273. The van der Waals surface area contributed by atoms with E-state index in [0.29, 0.717) is 0 Å². The van der Waals surface area contributed by atoms with Crippen molar-refractivity contribution in [3.05, 3.63) is 12.7 Å². The first-order valence-corrected chi connectivity index (χ1v) is 8.91. The molecule has 21 heavy (non-hydrogen) atoms. The summed E-state index contributed by atoms with van der Waals surface area (Å²) < 4.78 is 5.43. The minimum Gasteiger partial charge on any atom is -0.463 e. The lowest BCUT2D eigenvalue weighted by Gasteiger charge is -2.17. The van der Waals surface area contributed by atoms with E-state index >= 15 is 0 Å². The minimum absolute atomic E-state index is 0.131. The molecule has 0 aliphatic rings. The molecule has 0 aliphatic carbocycles. The van der Waals surface area contributed by atoms with E-state index in [2.05, 4.69) is 6.92 Å². The lowest BCUT2D eigenvalue weighted by molar-refractivity contribution is -0.147.